The van der Waals surface area contributed by atoms with Crippen LogP contribution in [0.5, 0.6) is 0 Å². The van der Waals surface area contributed by atoms with Gasteiger partial charge in [0.15, 0.2) is 5.11 Å². The molecule has 0 aliphatic heterocycles. The third kappa shape index (κ3) is 5.72. The van der Waals surface area contributed by atoms with E-state index < -0.39 is 6.09 Å². The molecule has 0 heterocycles. The van der Waals surface area contributed by atoms with Crippen LogP contribution in [0.15, 0.2) is 30.3 Å². The smallest absolute Gasteiger partial charge is 0.406 e. The molecule has 1 rings (SSSR count). The first-order valence-electron chi connectivity index (χ1n) is 5.14. The maximum absolute atomic E-state index is 10.7. The maximum atomic E-state index is 10.7. The highest BCUT2D eigenvalue weighted by molar-refractivity contribution is 7.80. The molecule has 6 heteroatoms. The SMILES string of the molecule is COC(=O)NCCNC(=S)Nc1ccccc1. The van der Waals surface area contributed by atoms with E-state index in [9.17, 15) is 4.79 Å². The van der Waals surface area contributed by atoms with Gasteiger partial charge in [-0.05, 0) is 24.4 Å². The molecule has 0 fully saturated rings. The Balaban J connectivity index is 2.16. The Morgan fingerprint density at radius 2 is 1.88 bits per heavy atom. The normalized spacial score (nSPS) is 9.24. The summed E-state index contributed by atoms with van der Waals surface area (Å²) in [4.78, 5) is 10.7. The molecule has 0 aliphatic carbocycles. The van der Waals surface area contributed by atoms with Crippen molar-refractivity contribution < 1.29 is 9.53 Å². The zero-order valence-electron chi connectivity index (χ0n) is 9.53. The Morgan fingerprint density at radius 3 is 2.53 bits per heavy atom. The number of benzene rings is 1. The molecule has 0 unspecified atom stereocenters. The van der Waals surface area contributed by atoms with E-state index in [4.69, 9.17) is 12.2 Å². The molecule has 0 saturated heterocycles. The molecule has 0 bridgehead atoms. The lowest BCUT2D eigenvalue weighted by Gasteiger charge is -2.10. The number of para-hydroxylation sites is 1. The highest BCUT2D eigenvalue weighted by Crippen LogP contribution is 2.03. The Kier molecular flexibility index (Phi) is 5.81. The number of alkyl carbamates (subject to hydrolysis) is 1. The number of amides is 1. The Morgan fingerprint density at radius 1 is 1.24 bits per heavy atom. The quantitative estimate of drug-likeness (QED) is 0.558. The predicted octanol–water partition coefficient (Wildman–Crippen LogP) is 1.33. The van der Waals surface area contributed by atoms with Gasteiger partial charge in [0, 0.05) is 18.8 Å². The van der Waals surface area contributed by atoms with Crippen molar-refractivity contribution in [1.29, 1.82) is 0 Å². The fourth-order valence-electron chi connectivity index (χ4n) is 1.11. The summed E-state index contributed by atoms with van der Waals surface area (Å²) in [6, 6.07) is 9.61. The van der Waals surface area contributed by atoms with Gasteiger partial charge in [0.05, 0.1) is 7.11 Å². The largest absolute Gasteiger partial charge is 0.453 e. The van der Waals surface area contributed by atoms with E-state index in [1.165, 1.54) is 7.11 Å². The number of carbonyl (C=O) groups is 1. The summed E-state index contributed by atoms with van der Waals surface area (Å²) in [7, 11) is 1.32. The fraction of sp³-hybridized carbons (Fsp3) is 0.273. The molecule has 0 saturated carbocycles. The highest BCUT2D eigenvalue weighted by Gasteiger charge is 1.98. The minimum absolute atomic E-state index is 0.448. The first-order chi connectivity index (χ1) is 8.22. The van der Waals surface area contributed by atoms with Gasteiger partial charge in [-0.1, -0.05) is 18.2 Å². The second-order valence-corrected chi connectivity index (χ2v) is 3.57. The fourth-order valence-corrected chi connectivity index (χ4v) is 1.33. The molecule has 0 aliphatic rings. The number of rotatable bonds is 4. The summed E-state index contributed by atoms with van der Waals surface area (Å²) in [5, 5.41) is 9.04. The van der Waals surface area contributed by atoms with Gasteiger partial charge in [-0.15, -0.1) is 0 Å². The van der Waals surface area contributed by atoms with Crippen molar-refractivity contribution in [3.63, 3.8) is 0 Å². The van der Waals surface area contributed by atoms with Crippen molar-refractivity contribution in [1.82, 2.24) is 10.6 Å². The van der Waals surface area contributed by atoms with Gasteiger partial charge in [-0.2, -0.15) is 0 Å². The topological polar surface area (TPSA) is 62.4 Å². The zero-order chi connectivity index (χ0) is 12.5. The van der Waals surface area contributed by atoms with Gasteiger partial charge in [-0.3, -0.25) is 0 Å². The van der Waals surface area contributed by atoms with E-state index in [1.54, 1.807) is 0 Å². The van der Waals surface area contributed by atoms with Crippen molar-refractivity contribution in [2.45, 2.75) is 0 Å². The van der Waals surface area contributed by atoms with Crippen molar-refractivity contribution >= 4 is 29.1 Å². The van der Waals surface area contributed by atoms with Crippen LogP contribution in [0.25, 0.3) is 0 Å². The number of carbonyl (C=O) groups excluding carboxylic acids is 1. The molecule has 1 aromatic carbocycles. The van der Waals surface area contributed by atoms with E-state index >= 15 is 0 Å². The lowest BCUT2D eigenvalue weighted by molar-refractivity contribution is 0.171. The number of anilines is 1. The second kappa shape index (κ2) is 7.45. The molecule has 5 nitrogen and oxygen atoms in total. The zero-order valence-corrected chi connectivity index (χ0v) is 10.3. The standard InChI is InChI=1S/C11H15N3O2S/c1-16-11(15)13-8-7-12-10(17)14-9-5-3-2-4-6-9/h2-6H,7-8H2,1H3,(H,13,15)(H2,12,14,17). The summed E-state index contributed by atoms with van der Waals surface area (Å²) in [6.07, 6.45) is -0.450. The van der Waals surface area contributed by atoms with Gasteiger partial charge in [0.25, 0.3) is 0 Å². The highest BCUT2D eigenvalue weighted by atomic mass is 32.1. The Labute approximate surface area is 106 Å². The Hall–Kier alpha value is -1.82. The van der Waals surface area contributed by atoms with Crippen LogP contribution < -0.4 is 16.0 Å². The summed E-state index contributed by atoms with van der Waals surface area (Å²) in [5.41, 5.74) is 0.922. The monoisotopic (exact) mass is 253 g/mol. The van der Waals surface area contributed by atoms with Crippen molar-refractivity contribution in [2.75, 3.05) is 25.5 Å². The average molecular weight is 253 g/mol. The third-order valence-corrected chi connectivity index (χ3v) is 2.14. The first-order valence-corrected chi connectivity index (χ1v) is 5.55. The van der Waals surface area contributed by atoms with Crippen LogP contribution in [0.4, 0.5) is 10.5 Å². The average Bonchev–Trinajstić information content (AvgIpc) is 2.35. The lowest BCUT2D eigenvalue weighted by atomic mass is 10.3. The van der Waals surface area contributed by atoms with Crippen molar-refractivity contribution in [3.8, 4) is 0 Å². The van der Waals surface area contributed by atoms with Crippen molar-refractivity contribution in [3.05, 3.63) is 30.3 Å². The second-order valence-electron chi connectivity index (χ2n) is 3.17. The molecule has 0 aromatic heterocycles. The van der Waals surface area contributed by atoms with E-state index in [2.05, 4.69) is 20.7 Å². The molecule has 17 heavy (non-hydrogen) atoms. The van der Waals surface area contributed by atoms with Crippen LogP contribution in [-0.2, 0) is 4.74 Å². The molecule has 1 amide bonds. The van der Waals surface area contributed by atoms with E-state index in [1.807, 2.05) is 30.3 Å². The van der Waals surface area contributed by atoms with Crippen LogP contribution >= 0.6 is 12.2 Å². The molecule has 0 atom stereocenters. The molecule has 0 spiro atoms. The predicted molar refractivity (Wildman–Crippen MR) is 71.1 cm³/mol. The molecular weight excluding hydrogens is 238 g/mol. The van der Waals surface area contributed by atoms with Crippen LogP contribution in [0, 0.1) is 0 Å². The Bertz CT molecular complexity index is 370. The van der Waals surface area contributed by atoms with E-state index in [0.717, 1.165) is 5.69 Å². The number of hydrogen-bond donors (Lipinski definition) is 3. The molecule has 3 N–H and O–H groups in total. The van der Waals surface area contributed by atoms with Gasteiger partial charge in [0.1, 0.15) is 0 Å². The van der Waals surface area contributed by atoms with Gasteiger partial charge >= 0.3 is 6.09 Å². The number of ether oxygens (including phenoxy) is 1. The summed E-state index contributed by atoms with van der Waals surface area (Å²) in [6.45, 7) is 0.983. The summed E-state index contributed by atoms with van der Waals surface area (Å²) in [5.74, 6) is 0. The number of hydrogen-bond acceptors (Lipinski definition) is 3. The van der Waals surface area contributed by atoms with Crippen LogP contribution in [0.3, 0.4) is 0 Å². The number of nitrogens with one attached hydrogen (secondary N) is 3. The molecule has 92 valence electrons. The van der Waals surface area contributed by atoms with Crippen LogP contribution in [0.2, 0.25) is 0 Å². The minimum atomic E-state index is -0.450. The summed E-state index contributed by atoms with van der Waals surface area (Å²) < 4.78 is 4.43. The lowest BCUT2D eigenvalue weighted by Crippen LogP contribution is -2.36. The third-order valence-electron chi connectivity index (χ3n) is 1.90. The molecule has 0 radical (unpaired) electrons. The summed E-state index contributed by atoms with van der Waals surface area (Å²) >= 11 is 5.08. The van der Waals surface area contributed by atoms with E-state index in [0.29, 0.717) is 18.2 Å². The van der Waals surface area contributed by atoms with Crippen LogP contribution in [0.1, 0.15) is 0 Å². The number of methoxy groups -OCH3 is 1. The molecule has 1 aromatic rings. The first kappa shape index (κ1) is 13.2. The number of thiocarbonyl (C=S) groups is 1. The van der Waals surface area contributed by atoms with Gasteiger partial charge in [0.2, 0.25) is 0 Å². The van der Waals surface area contributed by atoms with E-state index in [-0.39, 0.29) is 0 Å². The van der Waals surface area contributed by atoms with Crippen molar-refractivity contribution in [2.24, 2.45) is 0 Å². The maximum Gasteiger partial charge on any atom is 0.406 e. The molecular formula is C11H15N3O2S. The van der Waals surface area contributed by atoms with Gasteiger partial charge < -0.3 is 20.7 Å². The van der Waals surface area contributed by atoms with Crippen LogP contribution in [-0.4, -0.2) is 31.4 Å². The minimum Gasteiger partial charge on any atom is -0.453 e. The van der Waals surface area contributed by atoms with Gasteiger partial charge in [-0.25, -0.2) is 4.79 Å².